The van der Waals surface area contributed by atoms with E-state index in [0.29, 0.717) is 17.9 Å². The number of pyridine rings is 1. The van der Waals surface area contributed by atoms with Gasteiger partial charge in [-0.2, -0.15) is 0 Å². The molecule has 5 rings (SSSR count). The van der Waals surface area contributed by atoms with Gasteiger partial charge in [-0.25, -0.2) is 0 Å². The number of hydrogen-bond acceptors (Lipinski definition) is 6. The van der Waals surface area contributed by atoms with Crippen LogP contribution in [0, 0.1) is 6.92 Å². The molecular weight excluding hydrogens is 472 g/mol. The second-order valence-electron chi connectivity index (χ2n) is 8.54. The molecule has 0 bridgehead atoms. The Labute approximate surface area is 213 Å². The fourth-order valence-electron chi connectivity index (χ4n) is 4.27. The summed E-state index contributed by atoms with van der Waals surface area (Å²) >= 11 is 1.44. The summed E-state index contributed by atoms with van der Waals surface area (Å²) in [6.45, 7) is 2.67. The van der Waals surface area contributed by atoms with Gasteiger partial charge in [0, 0.05) is 29.4 Å². The van der Waals surface area contributed by atoms with Crippen LogP contribution in [0.25, 0.3) is 5.76 Å². The maximum Gasteiger partial charge on any atom is 0.295 e. The first-order valence-electron chi connectivity index (χ1n) is 11.5. The Hall–Kier alpha value is -4.23. The van der Waals surface area contributed by atoms with Crippen LogP contribution in [-0.2, 0) is 22.7 Å². The summed E-state index contributed by atoms with van der Waals surface area (Å²) in [5, 5.41) is 13.1. The first-order valence-corrected chi connectivity index (χ1v) is 12.4. The van der Waals surface area contributed by atoms with Gasteiger partial charge in [0.25, 0.3) is 11.7 Å². The number of amides is 1. The van der Waals surface area contributed by atoms with Crippen molar-refractivity contribution < 1.29 is 19.4 Å². The zero-order chi connectivity index (χ0) is 25.1. The van der Waals surface area contributed by atoms with Crippen molar-refractivity contribution in [2.24, 2.45) is 0 Å². The van der Waals surface area contributed by atoms with Crippen LogP contribution in [0.3, 0.4) is 0 Å². The van der Waals surface area contributed by atoms with E-state index in [1.54, 1.807) is 42.7 Å². The zero-order valence-electron chi connectivity index (χ0n) is 19.6. The number of ether oxygens (including phenoxy) is 1. The number of ketones is 1. The van der Waals surface area contributed by atoms with Gasteiger partial charge in [0.05, 0.1) is 11.6 Å². The number of rotatable bonds is 7. The Morgan fingerprint density at radius 3 is 2.53 bits per heavy atom. The van der Waals surface area contributed by atoms with Crippen LogP contribution in [0.5, 0.6) is 5.75 Å². The molecule has 2 aromatic heterocycles. The van der Waals surface area contributed by atoms with E-state index in [0.717, 1.165) is 21.6 Å². The first-order chi connectivity index (χ1) is 17.5. The number of aromatic nitrogens is 1. The molecule has 1 fully saturated rings. The molecule has 0 aliphatic carbocycles. The Balaban J connectivity index is 1.44. The van der Waals surface area contributed by atoms with Crippen LogP contribution in [0.2, 0.25) is 0 Å². The largest absolute Gasteiger partial charge is 0.507 e. The lowest BCUT2D eigenvalue weighted by molar-refractivity contribution is -0.140. The average molecular weight is 497 g/mol. The molecule has 1 aliphatic rings. The lowest BCUT2D eigenvalue weighted by atomic mass is 9.99. The predicted molar refractivity (Wildman–Crippen MR) is 138 cm³/mol. The van der Waals surface area contributed by atoms with Gasteiger partial charge in [0.1, 0.15) is 18.1 Å². The lowest BCUT2D eigenvalue weighted by Gasteiger charge is -2.24. The smallest absolute Gasteiger partial charge is 0.295 e. The molecule has 180 valence electrons. The molecule has 1 amide bonds. The molecule has 6 nitrogen and oxygen atoms in total. The number of carbonyl (C=O) groups excluding carboxylic acids is 2. The van der Waals surface area contributed by atoms with Crippen LogP contribution >= 0.6 is 11.3 Å². The normalized spacial score (nSPS) is 16.9. The summed E-state index contributed by atoms with van der Waals surface area (Å²) in [7, 11) is 0. The first kappa shape index (κ1) is 23.5. The van der Waals surface area contributed by atoms with Crippen LogP contribution in [0.15, 0.2) is 96.1 Å². The molecule has 0 spiro atoms. The molecule has 2 aromatic carbocycles. The molecule has 1 atom stereocenters. The molecule has 36 heavy (non-hydrogen) atoms. The fourth-order valence-corrected chi connectivity index (χ4v) is 5.12. The second-order valence-corrected chi connectivity index (χ2v) is 9.52. The van der Waals surface area contributed by atoms with Gasteiger partial charge in [-0.3, -0.25) is 14.6 Å². The van der Waals surface area contributed by atoms with Gasteiger partial charge in [0.15, 0.2) is 0 Å². The van der Waals surface area contributed by atoms with Crippen molar-refractivity contribution in [1.82, 2.24) is 9.88 Å². The molecule has 1 N–H and O–H groups in total. The minimum atomic E-state index is -0.699. The van der Waals surface area contributed by atoms with E-state index in [1.807, 2.05) is 54.8 Å². The number of thiophene rings is 1. The Morgan fingerprint density at radius 2 is 1.83 bits per heavy atom. The molecule has 1 aliphatic heterocycles. The summed E-state index contributed by atoms with van der Waals surface area (Å²) in [5.74, 6) is -0.904. The molecule has 3 heterocycles. The highest BCUT2D eigenvalue weighted by atomic mass is 32.1. The quantitative estimate of drug-likeness (QED) is 0.203. The SMILES string of the molecule is Cc1ccccc1COc1ccc(/C(O)=C2\C(=O)C(=O)N(Cc3cccnc3)C2c2cccs2)cc1. The van der Waals surface area contributed by atoms with E-state index in [9.17, 15) is 14.7 Å². The van der Waals surface area contributed by atoms with Crippen LogP contribution < -0.4 is 4.74 Å². The van der Waals surface area contributed by atoms with Crippen molar-refractivity contribution in [1.29, 1.82) is 0 Å². The van der Waals surface area contributed by atoms with Crippen molar-refractivity contribution in [3.63, 3.8) is 0 Å². The number of Topliss-reactive ketones (excluding diaryl/α,β-unsaturated/α-hetero) is 1. The number of aliphatic hydroxyl groups is 1. The Kier molecular flexibility index (Phi) is 6.64. The van der Waals surface area contributed by atoms with E-state index in [-0.39, 0.29) is 17.9 Å². The third-order valence-electron chi connectivity index (χ3n) is 6.21. The summed E-state index contributed by atoms with van der Waals surface area (Å²) in [6.07, 6.45) is 3.32. The topological polar surface area (TPSA) is 79.7 Å². The number of hydrogen-bond donors (Lipinski definition) is 1. The van der Waals surface area contributed by atoms with E-state index in [4.69, 9.17) is 4.74 Å². The molecule has 1 unspecified atom stereocenters. The summed E-state index contributed by atoms with van der Waals surface area (Å²) < 4.78 is 5.90. The van der Waals surface area contributed by atoms with E-state index >= 15 is 0 Å². The fraction of sp³-hybridized carbons (Fsp3) is 0.138. The number of aliphatic hydroxyl groups excluding tert-OH is 1. The van der Waals surface area contributed by atoms with Gasteiger partial charge in [-0.05, 0) is 65.4 Å². The van der Waals surface area contributed by atoms with Gasteiger partial charge in [-0.15, -0.1) is 11.3 Å². The Bertz CT molecular complexity index is 1410. The highest BCUT2D eigenvalue weighted by molar-refractivity contribution is 7.10. The van der Waals surface area contributed by atoms with Crippen molar-refractivity contribution in [3.05, 3.63) is 123 Å². The number of benzene rings is 2. The number of nitrogens with zero attached hydrogens (tertiary/aromatic N) is 2. The van der Waals surface area contributed by atoms with Gasteiger partial charge < -0.3 is 14.7 Å². The summed E-state index contributed by atoms with van der Waals surface area (Å²) in [6, 6.07) is 21.6. The van der Waals surface area contributed by atoms with Crippen molar-refractivity contribution in [2.75, 3.05) is 0 Å². The standard InChI is InChI=1S/C29H24N2O4S/c1-19-6-2-3-8-22(19)18-35-23-12-10-21(11-13-23)27(32)25-26(24-9-5-15-36-24)31(29(34)28(25)33)17-20-7-4-14-30-16-20/h2-16,26,32H,17-18H2,1H3/b27-25+. The van der Waals surface area contributed by atoms with Crippen molar-refractivity contribution >= 4 is 28.8 Å². The minimum Gasteiger partial charge on any atom is -0.507 e. The maximum atomic E-state index is 13.1. The summed E-state index contributed by atoms with van der Waals surface area (Å²) in [5.41, 5.74) is 3.57. The Morgan fingerprint density at radius 1 is 1.03 bits per heavy atom. The lowest BCUT2D eigenvalue weighted by Crippen LogP contribution is -2.28. The van der Waals surface area contributed by atoms with Crippen LogP contribution in [-0.4, -0.2) is 26.7 Å². The van der Waals surface area contributed by atoms with Crippen LogP contribution in [0.1, 0.15) is 33.2 Å². The van der Waals surface area contributed by atoms with E-state index in [2.05, 4.69) is 4.98 Å². The maximum absolute atomic E-state index is 13.1. The third kappa shape index (κ3) is 4.65. The average Bonchev–Trinajstić information content (AvgIpc) is 3.52. The number of carbonyl (C=O) groups is 2. The monoisotopic (exact) mass is 496 g/mol. The van der Waals surface area contributed by atoms with Gasteiger partial charge in [0.2, 0.25) is 0 Å². The second kappa shape index (κ2) is 10.2. The highest BCUT2D eigenvalue weighted by Gasteiger charge is 2.46. The van der Waals surface area contributed by atoms with E-state index in [1.165, 1.54) is 16.2 Å². The molecular formula is C29H24N2O4S. The van der Waals surface area contributed by atoms with E-state index < -0.39 is 17.7 Å². The van der Waals surface area contributed by atoms with Gasteiger partial charge in [-0.1, -0.05) is 36.4 Å². The predicted octanol–water partition coefficient (Wildman–Crippen LogP) is 5.65. The molecule has 1 saturated heterocycles. The number of likely N-dealkylation sites (tertiary alicyclic amines) is 1. The minimum absolute atomic E-state index is 0.0833. The third-order valence-corrected chi connectivity index (χ3v) is 7.14. The number of aryl methyl sites for hydroxylation is 1. The van der Waals surface area contributed by atoms with Crippen LogP contribution in [0.4, 0.5) is 0 Å². The van der Waals surface area contributed by atoms with Gasteiger partial charge >= 0.3 is 0 Å². The molecule has 0 radical (unpaired) electrons. The van der Waals surface area contributed by atoms with Crippen molar-refractivity contribution in [2.45, 2.75) is 26.1 Å². The highest BCUT2D eigenvalue weighted by Crippen LogP contribution is 2.42. The molecule has 0 saturated carbocycles. The van der Waals surface area contributed by atoms with Crippen molar-refractivity contribution in [3.8, 4) is 5.75 Å². The molecule has 4 aromatic rings. The molecule has 7 heteroatoms. The zero-order valence-corrected chi connectivity index (χ0v) is 20.4. The summed E-state index contributed by atoms with van der Waals surface area (Å²) in [4.78, 5) is 32.6.